The number of nitrogens with one attached hydrogen (secondary N) is 1. The van der Waals surface area contributed by atoms with E-state index in [1.165, 1.54) is 48.4 Å². The predicted molar refractivity (Wildman–Crippen MR) is 88.0 cm³/mol. The predicted octanol–water partition coefficient (Wildman–Crippen LogP) is 1.89. The van der Waals surface area contributed by atoms with E-state index in [1.54, 1.807) is 6.08 Å². The number of carbonyl (C=O) groups is 1. The van der Waals surface area contributed by atoms with Gasteiger partial charge < -0.3 is 4.90 Å². The second-order valence-electron chi connectivity index (χ2n) is 5.78. The highest BCUT2D eigenvalue weighted by atomic mass is 32.2. The van der Waals surface area contributed by atoms with Gasteiger partial charge in [0, 0.05) is 20.1 Å². The Kier molecular flexibility index (Phi) is 6.30. The molecule has 22 heavy (non-hydrogen) atoms. The molecule has 1 amide bonds. The third kappa shape index (κ3) is 4.50. The lowest BCUT2D eigenvalue weighted by Crippen LogP contribution is -2.33. The topological polar surface area (TPSA) is 71.0 Å². The van der Waals surface area contributed by atoms with Crippen molar-refractivity contribution in [2.75, 3.05) is 19.3 Å². The summed E-state index contributed by atoms with van der Waals surface area (Å²) in [6.45, 7) is 4.85. The van der Waals surface area contributed by atoms with Gasteiger partial charge in [0.05, 0.1) is 5.75 Å². The molecule has 7 heteroatoms. The molecule has 0 bridgehead atoms. The summed E-state index contributed by atoms with van der Waals surface area (Å²) in [5.41, 5.74) is -0.273. The Bertz CT molecular complexity index is 560. The first-order valence-electron chi connectivity index (χ1n) is 7.74. The molecule has 1 aromatic heterocycles. The lowest BCUT2D eigenvalue weighted by Gasteiger charge is -2.27. The zero-order valence-corrected chi connectivity index (χ0v) is 13.9. The number of allylic oxidation sites excluding steroid dienone is 1. The normalized spacial score (nSPS) is 15.7. The number of thioether (sulfide) groups is 1. The van der Waals surface area contributed by atoms with Crippen molar-refractivity contribution in [2.24, 2.45) is 5.92 Å². The molecule has 1 aliphatic carbocycles. The first-order valence-corrected chi connectivity index (χ1v) is 8.73. The third-order valence-electron chi connectivity index (χ3n) is 4.04. The Morgan fingerprint density at radius 3 is 2.91 bits per heavy atom. The number of aromatic amines is 1. The van der Waals surface area contributed by atoms with Crippen LogP contribution >= 0.6 is 11.8 Å². The highest BCUT2D eigenvalue weighted by molar-refractivity contribution is 7.99. The van der Waals surface area contributed by atoms with Gasteiger partial charge in [-0.05, 0) is 18.8 Å². The Balaban J connectivity index is 1.84. The summed E-state index contributed by atoms with van der Waals surface area (Å²) in [5, 5.41) is 6.89. The molecule has 0 aromatic carbocycles. The Hall–Kier alpha value is -1.50. The summed E-state index contributed by atoms with van der Waals surface area (Å²) in [6, 6.07) is 0. The maximum Gasteiger partial charge on any atom is 0.344 e. The van der Waals surface area contributed by atoms with Gasteiger partial charge in [0.2, 0.25) is 5.91 Å². The minimum atomic E-state index is -0.273. The van der Waals surface area contributed by atoms with Gasteiger partial charge in [-0.25, -0.2) is 9.89 Å². The number of carbonyl (C=O) groups excluding carboxylic acids is 1. The molecule has 0 spiro atoms. The maximum absolute atomic E-state index is 12.2. The minimum absolute atomic E-state index is 0.0798. The van der Waals surface area contributed by atoms with Gasteiger partial charge >= 0.3 is 5.69 Å². The van der Waals surface area contributed by atoms with E-state index in [4.69, 9.17) is 0 Å². The van der Waals surface area contributed by atoms with Crippen molar-refractivity contribution < 1.29 is 4.79 Å². The number of hydrogen-bond donors (Lipinski definition) is 1. The van der Waals surface area contributed by atoms with E-state index in [0.29, 0.717) is 23.4 Å². The Morgan fingerprint density at radius 2 is 2.23 bits per heavy atom. The molecule has 1 saturated carbocycles. The average Bonchev–Trinajstić information content (AvgIpc) is 2.87. The van der Waals surface area contributed by atoms with Crippen LogP contribution in [0.2, 0.25) is 0 Å². The zero-order chi connectivity index (χ0) is 15.9. The van der Waals surface area contributed by atoms with Gasteiger partial charge in [0.1, 0.15) is 0 Å². The van der Waals surface area contributed by atoms with Crippen molar-refractivity contribution >= 4 is 17.7 Å². The van der Waals surface area contributed by atoms with Crippen molar-refractivity contribution in [1.29, 1.82) is 0 Å². The van der Waals surface area contributed by atoms with Crippen molar-refractivity contribution in [3.05, 3.63) is 23.1 Å². The smallest absolute Gasteiger partial charge is 0.344 e. The highest BCUT2D eigenvalue weighted by Crippen LogP contribution is 2.24. The van der Waals surface area contributed by atoms with E-state index in [0.717, 1.165) is 6.54 Å². The lowest BCUT2D eigenvalue weighted by molar-refractivity contribution is -0.127. The molecule has 1 aliphatic rings. The first-order chi connectivity index (χ1) is 10.6. The van der Waals surface area contributed by atoms with E-state index in [9.17, 15) is 9.59 Å². The molecule has 0 radical (unpaired) electrons. The van der Waals surface area contributed by atoms with Gasteiger partial charge in [0.15, 0.2) is 5.16 Å². The van der Waals surface area contributed by atoms with Crippen LogP contribution in [0.25, 0.3) is 0 Å². The molecule has 6 nitrogen and oxygen atoms in total. The largest absolute Gasteiger partial charge is 0.345 e. The highest BCUT2D eigenvalue weighted by Gasteiger charge is 2.19. The molecule has 122 valence electrons. The summed E-state index contributed by atoms with van der Waals surface area (Å²) < 4.78 is 1.48. The van der Waals surface area contributed by atoms with Crippen LogP contribution in [0.3, 0.4) is 0 Å². The van der Waals surface area contributed by atoms with Crippen LogP contribution < -0.4 is 5.69 Å². The standard InChI is InChI=1S/C15H24N4O2S/c1-3-9-19-14(21)16-17-15(19)22-11-13(20)18(2)10-12-7-5-4-6-8-12/h3,12H,1,4-11H2,2H3,(H,16,21). The summed E-state index contributed by atoms with van der Waals surface area (Å²) in [7, 11) is 1.86. The van der Waals surface area contributed by atoms with Crippen LogP contribution in [0.4, 0.5) is 0 Å². The Labute approximate surface area is 135 Å². The van der Waals surface area contributed by atoms with Crippen molar-refractivity contribution in [2.45, 2.75) is 43.8 Å². The Morgan fingerprint density at radius 1 is 1.50 bits per heavy atom. The van der Waals surface area contributed by atoms with Crippen LogP contribution in [0.1, 0.15) is 32.1 Å². The fourth-order valence-corrected chi connectivity index (χ4v) is 3.70. The number of hydrogen-bond acceptors (Lipinski definition) is 4. The van der Waals surface area contributed by atoms with Crippen LogP contribution in [0.5, 0.6) is 0 Å². The zero-order valence-electron chi connectivity index (χ0n) is 13.1. The number of aromatic nitrogens is 3. The van der Waals surface area contributed by atoms with Gasteiger partial charge in [0.25, 0.3) is 0 Å². The first kappa shape index (κ1) is 16.9. The van der Waals surface area contributed by atoms with Gasteiger partial charge in [-0.15, -0.1) is 11.7 Å². The quantitative estimate of drug-likeness (QED) is 0.614. The third-order valence-corrected chi connectivity index (χ3v) is 5.00. The number of amides is 1. The summed E-state index contributed by atoms with van der Waals surface area (Å²) in [4.78, 5) is 25.6. The second kappa shape index (κ2) is 8.22. The summed E-state index contributed by atoms with van der Waals surface area (Å²) in [6.07, 6.45) is 7.97. The van der Waals surface area contributed by atoms with E-state index < -0.39 is 0 Å². The van der Waals surface area contributed by atoms with Gasteiger partial charge in [-0.1, -0.05) is 37.1 Å². The van der Waals surface area contributed by atoms with Crippen LogP contribution in [0.15, 0.2) is 22.6 Å². The van der Waals surface area contributed by atoms with Crippen molar-refractivity contribution in [3.63, 3.8) is 0 Å². The summed E-state index contributed by atoms with van der Waals surface area (Å²) in [5.74, 6) is 1.01. The molecule has 1 heterocycles. The van der Waals surface area contributed by atoms with E-state index in [2.05, 4.69) is 16.8 Å². The maximum atomic E-state index is 12.2. The van der Waals surface area contributed by atoms with Crippen LogP contribution in [-0.4, -0.2) is 44.9 Å². The molecule has 0 aliphatic heterocycles. The van der Waals surface area contributed by atoms with E-state index in [-0.39, 0.29) is 11.6 Å². The van der Waals surface area contributed by atoms with E-state index in [1.807, 2.05) is 11.9 Å². The molecule has 0 unspecified atom stereocenters. The number of nitrogens with zero attached hydrogens (tertiary/aromatic N) is 3. The van der Waals surface area contributed by atoms with Gasteiger partial charge in [-0.2, -0.15) is 0 Å². The van der Waals surface area contributed by atoms with Crippen molar-refractivity contribution in [1.82, 2.24) is 19.7 Å². The van der Waals surface area contributed by atoms with Crippen molar-refractivity contribution in [3.8, 4) is 0 Å². The van der Waals surface area contributed by atoms with Gasteiger partial charge in [-0.3, -0.25) is 9.36 Å². The number of H-pyrrole nitrogens is 1. The van der Waals surface area contributed by atoms with Crippen LogP contribution in [0, 0.1) is 5.92 Å². The minimum Gasteiger partial charge on any atom is -0.345 e. The molecular formula is C15H24N4O2S. The fraction of sp³-hybridized carbons (Fsp3) is 0.667. The molecule has 1 N–H and O–H groups in total. The molecule has 1 aromatic rings. The monoisotopic (exact) mass is 324 g/mol. The lowest BCUT2D eigenvalue weighted by atomic mass is 9.89. The SMILES string of the molecule is C=CCn1c(SCC(=O)N(C)CC2CCCCC2)n[nH]c1=O. The summed E-state index contributed by atoms with van der Waals surface area (Å²) >= 11 is 1.29. The molecule has 0 saturated heterocycles. The van der Waals surface area contributed by atoms with E-state index >= 15 is 0 Å². The average molecular weight is 324 g/mol. The molecule has 0 atom stereocenters. The second-order valence-corrected chi connectivity index (χ2v) is 6.72. The fourth-order valence-electron chi connectivity index (χ4n) is 2.80. The molecule has 1 fully saturated rings. The molecule has 2 rings (SSSR count). The molecular weight excluding hydrogens is 300 g/mol. The number of rotatable bonds is 7. The van der Waals surface area contributed by atoms with Crippen LogP contribution in [-0.2, 0) is 11.3 Å².